The van der Waals surface area contributed by atoms with E-state index in [4.69, 9.17) is 0 Å². The van der Waals surface area contributed by atoms with E-state index in [9.17, 15) is 4.79 Å². The predicted octanol–water partition coefficient (Wildman–Crippen LogP) is 2.59. The Balaban J connectivity index is 4.24. The monoisotopic (exact) mass is 217 g/mol. The lowest BCUT2D eigenvalue weighted by atomic mass is 9.97. The molecule has 0 saturated carbocycles. The highest BCUT2D eigenvalue weighted by molar-refractivity contribution is 7.81. The molecule has 0 spiro atoms. The largest absolute Gasteiger partial charge is 0.342 e. The van der Waals surface area contributed by atoms with Crippen LogP contribution in [0.1, 0.15) is 41.0 Å². The molecule has 0 aliphatic rings. The molecule has 0 aliphatic heterocycles. The number of nitrogens with zero attached hydrogens (tertiary/aromatic N) is 1. The van der Waals surface area contributed by atoms with E-state index in [0.29, 0.717) is 5.92 Å². The van der Waals surface area contributed by atoms with Gasteiger partial charge in [0.05, 0.1) is 0 Å². The first kappa shape index (κ1) is 13.8. The minimum atomic E-state index is -0.0736. The van der Waals surface area contributed by atoms with Crippen LogP contribution in [0.4, 0.5) is 0 Å². The molecule has 14 heavy (non-hydrogen) atoms. The summed E-state index contributed by atoms with van der Waals surface area (Å²) in [6.45, 7) is 11.6. The van der Waals surface area contributed by atoms with E-state index in [1.54, 1.807) is 6.92 Å². The van der Waals surface area contributed by atoms with E-state index in [2.05, 4.69) is 33.4 Å². The van der Waals surface area contributed by atoms with Crippen LogP contribution < -0.4 is 0 Å². The summed E-state index contributed by atoms with van der Waals surface area (Å²) < 4.78 is -0.0736. The summed E-state index contributed by atoms with van der Waals surface area (Å²) in [7, 11) is 0. The van der Waals surface area contributed by atoms with Gasteiger partial charge >= 0.3 is 0 Å². The van der Waals surface area contributed by atoms with Crippen LogP contribution in [0.5, 0.6) is 0 Å². The second-order valence-electron chi connectivity index (χ2n) is 4.63. The summed E-state index contributed by atoms with van der Waals surface area (Å²) in [6.07, 6.45) is 1.03. The Bertz CT molecular complexity index is 190. The summed E-state index contributed by atoms with van der Waals surface area (Å²) in [5, 5.41) is 0. The highest BCUT2D eigenvalue weighted by atomic mass is 32.1. The van der Waals surface area contributed by atoms with Gasteiger partial charge in [-0.05, 0) is 26.2 Å². The van der Waals surface area contributed by atoms with Gasteiger partial charge in [0, 0.05) is 24.8 Å². The van der Waals surface area contributed by atoms with E-state index in [1.165, 1.54) is 0 Å². The van der Waals surface area contributed by atoms with Gasteiger partial charge in [-0.2, -0.15) is 12.6 Å². The standard InChI is InChI=1S/C11H23NOS/c1-6-12(10(4)13)8-11(5,14)7-9(2)3/h9,14H,6-8H2,1-5H3. The topological polar surface area (TPSA) is 20.3 Å². The van der Waals surface area contributed by atoms with Crippen molar-refractivity contribution in [2.24, 2.45) is 5.92 Å². The van der Waals surface area contributed by atoms with E-state index in [0.717, 1.165) is 19.5 Å². The number of carbonyl (C=O) groups is 1. The SMILES string of the molecule is CCN(CC(C)(S)CC(C)C)C(C)=O. The molecule has 0 aromatic rings. The van der Waals surface area contributed by atoms with Gasteiger partial charge in [0.2, 0.25) is 5.91 Å². The van der Waals surface area contributed by atoms with Crippen molar-refractivity contribution in [2.45, 2.75) is 45.8 Å². The van der Waals surface area contributed by atoms with E-state index in [-0.39, 0.29) is 10.7 Å². The Kier molecular flexibility index (Phi) is 5.57. The summed E-state index contributed by atoms with van der Waals surface area (Å²) in [4.78, 5) is 13.1. The minimum absolute atomic E-state index is 0.0736. The molecule has 0 aliphatic carbocycles. The maximum absolute atomic E-state index is 11.2. The third-order valence-electron chi connectivity index (χ3n) is 2.21. The van der Waals surface area contributed by atoms with Gasteiger partial charge in [0.15, 0.2) is 0 Å². The smallest absolute Gasteiger partial charge is 0.219 e. The molecule has 0 fully saturated rings. The van der Waals surface area contributed by atoms with Crippen LogP contribution in [0.15, 0.2) is 0 Å². The zero-order valence-corrected chi connectivity index (χ0v) is 10.9. The highest BCUT2D eigenvalue weighted by Crippen LogP contribution is 2.24. The maximum atomic E-state index is 11.2. The van der Waals surface area contributed by atoms with Crippen LogP contribution in [0.2, 0.25) is 0 Å². The Morgan fingerprint density at radius 2 is 2.00 bits per heavy atom. The lowest BCUT2D eigenvalue weighted by Crippen LogP contribution is -2.40. The van der Waals surface area contributed by atoms with E-state index in [1.807, 2.05) is 11.8 Å². The molecule has 0 bridgehead atoms. The van der Waals surface area contributed by atoms with Gasteiger partial charge in [-0.15, -0.1) is 0 Å². The van der Waals surface area contributed by atoms with Crippen LogP contribution in [0.3, 0.4) is 0 Å². The molecule has 0 rings (SSSR count). The molecule has 0 radical (unpaired) electrons. The molecule has 1 unspecified atom stereocenters. The Morgan fingerprint density at radius 3 is 2.29 bits per heavy atom. The zero-order valence-electron chi connectivity index (χ0n) is 10.0. The van der Waals surface area contributed by atoms with Crippen LogP contribution in [-0.4, -0.2) is 28.6 Å². The molecule has 0 saturated heterocycles. The van der Waals surface area contributed by atoms with Crippen molar-refractivity contribution in [1.82, 2.24) is 4.90 Å². The third-order valence-corrected chi connectivity index (χ3v) is 2.53. The number of hydrogen-bond donors (Lipinski definition) is 1. The van der Waals surface area contributed by atoms with E-state index < -0.39 is 0 Å². The molecular weight excluding hydrogens is 194 g/mol. The van der Waals surface area contributed by atoms with Crippen molar-refractivity contribution in [1.29, 1.82) is 0 Å². The quantitative estimate of drug-likeness (QED) is 0.702. The summed E-state index contributed by atoms with van der Waals surface area (Å²) in [5.41, 5.74) is 0. The highest BCUT2D eigenvalue weighted by Gasteiger charge is 2.24. The van der Waals surface area contributed by atoms with Crippen LogP contribution in [-0.2, 0) is 4.79 Å². The molecule has 0 aromatic carbocycles. The molecule has 1 amide bonds. The van der Waals surface area contributed by atoms with Crippen molar-refractivity contribution >= 4 is 18.5 Å². The molecule has 0 aromatic heterocycles. The normalized spacial score (nSPS) is 15.4. The number of thiol groups is 1. The predicted molar refractivity (Wildman–Crippen MR) is 64.8 cm³/mol. The van der Waals surface area contributed by atoms with Gasteiger partial charge in [-0.3, -0.25) is 4.79 Å². The number of hydrogen-bond acceptors (Lipinski definition) is 2. The van der Waals surface area contributed by atoms with Crippen LogP contribution >= 0.6 is 12.6 Å². The second-order valence-corrected chi connectivity index (χ2v) is 5.71. The van der Waals surface area contributed by atoms with E-state index >= 15 is 0 Å². The van der Waals surface area contributed by atoms with Crippen molar-refractivity contribution in [3.8, 4) is 0 Å². The molecular formula is C11H23NOS. The molecule has 84 valence electrons. The first-order valence-electron chi connectivity index (χ1n) is 5.26. The third kappa shape index (κ3) is 5.53. The minimum Gasteiger partial charge on any atom is -0.342 e. The lowest BCUT2D eigenvalue weighted by molar-refractivity contribution is -0.129. The Labute approximate surface area is 93.5 Å². The Morgan fingerprint density at radius 1 is 1.50 bits per heavy atom. The van der Waals surface area contributed by atoms with Crippen molar-refractivity contribution in [3.05, 3.63) is 0 Å². The van der Waals surface area contributed by atoms with Gasteiger partial charge < -0.3 is 4.90 Å². The summed E-state index contributed by atoms with van der Waals surface area (Å²) in [5.74, 6) is 0.750. The van der Waals surface area contributed by atoms with Crippen LogP contribution in [0, 0.1) is 5.92 Å². The van der Waals surface area contributed by atoms with Crippen molar-refractivity contribution in [3.63, 3.8) is 0 Å². The second kappa shape index (κ2) is 5.64. The number of amides is 1. The number of carbonyl (C=O) groups excluding carboxylic acids is 1. The first-order chi connectivity index (χ1) is 6.28. The maximum Gasteiger partial charge on any atom is 0.219 e. The van der Waals surface area contributed by atoms with Crippen LogP contribution in [0.25, 0.3) is 0 Å². The fourth-order valence-corrected chi connectivity index (χ4v) is 2.34. The fraction of sp³-hybridized carbons (Fsp3) is 0.909. The van der Waals surface area contributed by atoms with Gasteiger partial charge in [0.1, 0.15) is 0 Å². The van der Waals surface area contributed by atoms with Crippen molar-refractivity contribution < 1.29 is 4.79 Å². The summed E-state index contributed by atoms with van der Waals surface area (Å²) >= 11 is 4.62. The number of rotatable bonds is 5. The molecule has 3 heteroatoms. The molecule has 0 heterocycles. The molecule has 0 N–H and O–H groups in total. The fourth-order valence-electron chi connectivity index (χ4n) is 1.80. The molecule has 1 atom stereocenters. The van der Waals surface area contributed by atoms with Crippen molar-refractivity contribution in [2.75, 3.05) is 13.1 Å². The lowest BCUT2D eigenvalue weighted by Gasteiger charge is -2.32. The first-order valence-corrected chi connectivity index (χ1v) is 5.71. The Hall–Kier alpha value is -0.180. The van der Waals surface area contributed by atoms with Gasteiger partial charge in [-0.1, -0.05) is 13.8 Å². The zero-order chi connectivity index (χ0) is 11.4. The average molecular weight is 217 g/mol. The molecule has 2 nitrogen and oxygen atoms in total. The van der Waals surface area contributed by atoms with Gasteiger partial charge in [-0.25, -0.2) is 0 Å². The van der Waals surface area contributed by atoms with Gasteiger partial charge in [0.25, 0.3) is 0 Å². The average Bonchev–Trinajstić information content (AvgIpc) is 1.97. The summed E-state index contributed by atoms with van der Waals surface area (Å²) in [6, 6.07) is 0.